The number of amides is 1. The standard InChI is InChI=1S/C12H12ClNO2S/c13-17-8-4-7-11(17)14-12(15)16-9-10-5-2-1-3-6-10/h1-8,17H,9H2,(H,14,15). The highest BCUT2D eigenvalue weighted by Gasteiger charge is 2.12. The van der Waals surface area contributed by atoms with E-state index >= 15 is 0 Å². The lowest BCUT2D eigenvalue weighted by Gasteiger charge is -2.11. The zero-order valence-electron chi connectivity index (χ0n) is 8.97. The molecule has 3 nitrogen and oxygen atoms in total. The summed E-state index contributed by atoms with van der Waals surface area (Å²) in [5.74, 6) is 0. The molecule has 0 spiro atoms. The maximum absolute atomic E-state index is 11.5. The molecule has 0 saturated carbocycles. The first kappa shape index (κ1) is 12.1. The number of thiol groups is 1. The highest BCUT2D eigenvalue weighted by molar-refractivity contribution is 8.41. The van der Waals surface area contributed by atoms with Crippen LogP contribution < -0.4 is 5.32 Å². The van der Waals surface area contributed by atoms with Gasteiger partial charge in [0, 0.05) is 0 Å². The molecule has 1 heterocycles. The lowest BCUT2D eigenvalue weighted by Crippen LogP contribution is -2.22. The highest BCUT2D eigenvalue weighted by atomic mass is 35.7. The Hall–Kier alpha value is -1.39. The second-order valence-corrected chi connectivity index (χ2v) is 5.89. The van der Waals surface area contributed by atoms with Crippen molar-refractivity contribution in [3.63, 3.8) is 0 Å². The van der Waals surface area contributed by atoms with Crippen LogP contribution in [0.2, 0.25) is 0 Å². The number of alkyl carbamates (subject to hydrolysis) is 1. The fraction of sp³-hybridized carbons (Fsp3) is 0.0833. The van der Waals surface area contributed by atoms with Crippen molar-refractivity contribution in [1.29, 1.82) is 0 Å². The molecule has 1 unspecified atom stereocenters. The minimum absolute atomic E-state index is 0.258. The van der Waals surface area contributed by atoms with Gasteiger partial charge in [-0.15, -0.1) is 10.1 Å². The molecule has 0 fully saturated rings. The molecular formula is C12H12ClNO2S. The van der Waals surface area contributed by atoms with E-state index in [4.69, 9.17) is 15.4 Å². The van der Waals surface area contributed by atoms with E-state index in [2.05, 4.69) is 5.32 Å². The summed E-state index contributed by atoms with van der Waals surface area (Å²) >= 11 is 0. The van der Waals surface area contributed by atoms with Crippen molar-refractivity contribution in [2.24, 2.45) is 0 Å². The van der Waals surface area contributed by atoms with E-state index in [9.17, 15) is 4.79 Å². The lowest BCUT2D eigenvalue weighted by atomic mass is 10.2. The molecule has 90 valence electrons. The number of allylic oxidation sites excluding steroid dienone is 2. The molecule has 1 N–H and O–H groups in total. The molecule has 1 aromatic rings. The Bertz CT molecular complexity index is 459. The summed E-state index contributed by atoms with van der Waals surface area (Å²) in [6, 6.07) is 9.52. The second kappa shape index (κ2) is 5.80. The fourth-order valence-electron chi connectivity index (χ4n) is 1.32. The SMILES string of the molecule is O=C(NC1=CC=C[SH]1Cl)OCc1ccccc1. The molecule has 0 radical (unpaired) electrons. The summed E-state index contributed by atoms with van der Waals surface area (Å²) in [6.07, 6.45) is 3.13. The van der Waals surface area contributed by atoms with Crippen LogP contribution in [0.25, 0.3) is 0 Å². The predicted molar refractivity (Wildman–Crippen MR) is 71.8 cm³/mol. The average molecular weight is 270 g/mol. The molecule has 1 amide bonds. The van der Waals surface area contributed by atoms with Crippen LogP contribution in [0.3, 0.4) is 0 Å². The zero-order chi connectivity index (χ0) is 12.1. The van der Waals surface area contributed by atoms with Crippen LogP contribution in [0.15, 0.2) is 52.9 Å². The topological polar surface area (TPSA) is 38.3 Å². The molecule has 1 aliphatic rings. The number of hydrogen-bond acceptors (Lipinski definition) is 2. The third-order valence-corrected chi connectivity index (χ3v) is 4.18. The van der Waals surface area contributed by atoms with Crippen molar-refractivity contribution in [2.45, 2.75) is 6.61 Å². The van der Waals surface area contributed by atoms with Gasteiger partial charge in [-0.1, -0.05) is 47.1 Å². The molecule has 0 aromatic heterocycles. The van der Waals surface area contributed by atoms with Crippen molar-refractivity contribution in [2.75, 3.05) is 0 Å². The summed E-state index contributed by atoms with van der Waals surface area (Å²) in [6.45, 7) is 0.258. The van der Waals surface area contributed by atoms with E-state index in [1.807, 2.05) is 41.8 Å². The first-order valence-electron chi connectivity index (χ1n) is 5.07. The third-order valence-electron chi connectivity index (χ3n) is 2.14. The van der Waals surface area contributed by atoms with Gasteiger partial charge in [-0.2, -0.15) is 0 Å². The number of carbonyl (C=O) groups is 1. The maximum Gasteiger partial charge on any atom is 0.412 e. The van der Waals surface area contributed by atoms with E-state index in [1.165, 1.54) is 0 Å². The molecule has 17 heavy (non-hydrogen) atoms. The van der Waals surface area contributed by atoms with Gasteiger partial charge in [-0.05, 0) is 17.0 Å². The largest absolute Gasteiger partial charge is 0.444 e. The average Bonchev–Trinajstić information content (AvgIpc) is 2.74. The van der Waals surface area contributed by atoms with E-state index in [-0.39, 0.29) is 6.61 Å². The van der Waals surface area contributed by atoms with Gasteiger partial charge in [-0.3, -0.25) is 5.32 Å². The molecule has 5 heteroatoms. The van der Waals surface area contributed by atoms with Crippen molar-refractivity contribution in [3.05, 3.63) is 58.5 Å². The maximum atomic E-state index is 11.5. The second-order valence-electron chi connectivity index (χ2n) is 3.39. The molecule has 0 saturated heterocycles. The van der Waals surface area contributed by atoms with Gasteiger partial charge in [-0.25, -0.2) is 4.79 Å². The normalized spacial score (nSPS) is 19.8. The monoisotopic (exact) mass is 269 g/mol. The minimum Gasteiger partial charge on any atom is -0.444 e. The van der Waals surface area contributed by atoms with Gasteiger partial charge in [0.15, 0.2) is 0 Å². The predicted octanol–water partition coefficient (Wildman–Crippen LogP) is 3.44. The number of rotatable bonds is 3. The number of carbonyl (C=O) groups excluding carboxylic acids is 1. The molecular weight excluding hydrogens is 258 g/mol. The van der Waals surface area contributed by atoms with Crippen molar-refractivity contribution >= 4 is 26.9 Å². The summed E-state index contributed by atoms with van der Waals surface area (Å²) in [7, 11) is 5.09. The van der Waals surface area contributed by atoms with Crippen LogP contribution >= 0.6 is 20.8 Å². The molecule has 1 atom stereocenters. The molecule has 1 aliphatic heterocycles. The van der Waals surface area contributed by atoms with Gasteiger partial charge in [0.25, 0.3) is 0 Å². The van der Waals surface area contributed by atoms with Crippen LogP contribution in [-0.4, -0.2) is 6.09 Å². The van der Waals surface area contributed by atoms with Crippen LogP contribution in [0.4, 0.5) is 4.79 Å². The molecule has 1 aromatic carbocycles. The lowest BCUT2D eigenvalue weighted by molar-refractivity contribution is 0.143. The number of benzene rings is 1. The Labute approximate surface area is 107 Å². The van der Waals surface area contributed by atoms with Gasteiger partial charge in [0.2, 0.25) is 0 Å². The zero-order valence-corrected chi connectivity index (χ0v) is 10.6. The van der Waals surface area contributed by atoms with E-state index in [1.54, 1.807) is 6.08 Å². The Morgan fingerprint density at radius 2 is 2.12 bits per heavy atom. The van der Waals surface area contributed by atoms with Crippen molar-refractivity contribution in [1.82, 2.24) is 5.32 Å². The summed E-state index contributed by atoms with van der Waals surface area (Å²) in [5, 5.41) is 5.19. The van der Waals surface area contributed by atoms with Gasteiger partial charge >= 0.3 is 6.09 Å². The molecule has 2 rings (SSSR count). The summed E-state index contributed by atoms with van der Waals surface area (Å²) < 4.78 is 5.07. The number of hydrogen-bond donors (Lipinski definition) is 2. The first-order valence-corrected chi connectivity index (χ1v) is 7.38. The smallest absolute Gasteiger partial charge is 0.412 e. The number of ether oxygens (including phenoxy) is 1. The Morgan fingerprint density at radius 3 is 2.76 bits per heavy atom. The quantitative estimate of drug-likeness (QED) is 0.825. The molecule has 0 bridgehead atoms. The van der Waals surface area contributed by atoms with Crippen molar-refractivity contribution < 1.29 is 9.53 Å². The van der Waals surface area contributed by atoms with E-state index in [0.717, 1.165) is 5.56 Å². The minimum atomic E-state index is -0.885. The van der Waals surface area contributed by atoms with Crippen LogP contribution in [0, 0.1) is 0 Å². The number of halogens is 1. The Morgan fingerprint density at radius 1 is 1.35 bits per heavy atom. The van der Waals surface area contributed by atoms with Crippen molar-refractivity contribution in [3.8, 4) is 0 Å². The van der Waals surface area contributed by atoms with E-state index in [0.29, 0.717) is 5.03 Å². The van der Waals surface area contributed by atoms with Crippen LogP contribution in [-0.2, 0) is 11.3 Å². The number of nitrogens with one attached hydrogen (secondary N) is 1. The van der Waals surface area contributed by atoms with E-state index < -0.39 is 16.2 Å². The summed E-state index contributed by atoms with van der Waals surface area (Å²) in [4.78, 5) is 11.5. The van der Waals surface area contributed by atoms with Gasteiger partial charge < -0.3 is 4.74 Å². The molecule has 0 aliphatic carbocycles. The van der Waals surface area contributed by atoms with Gasteiger partial charge in [0.05, 0.1) is 5.03 Å². The highest BCUT2D eigenvalue weighted by Crippen LogP contribution is 2.43. The van der Waals surface area contributed by atoms with Crippen LogP contribution in [0.5, 0.6) is 0 Å². The Balaban J connectivity index is 1.79. The van der Waals surface area contributed by atoms with Crippen LogP contribution in [0.1, 0.15) is 5.56 Å². The third kappa shape index (κ3) is 3.54. The van der Waals surface area contributed by atoms with Gasteiger partial charge in [0.1, 0.15) is 6.61 Å². The first-order chi connectivity index (χ1) is 8.25. The fourth-order valence-corrected chi connectivity index (χ4v) is 2.64. The Kier molecular flexibility index (Phi) is 4.12. The summed E-state index contributed by atoms with van der Waals surface area (Å²) in [5.41, 5.74) is 0.953.